The molecule has 0 aliphatic heterocycles. The number of nitrogens with one attached hydrogen (secondary N) is 1. The zero-order valence-electron chi connectivity index (χ0n) is 8.09. The lowest BCUT2D eigenvalue weighted by molar-refractivity contribution is 0.723. The minimum Gasteiger partial charge on any atom is -0.313 e. The molecule has 0 saturated heterocycles. The van der Waals surface area contributed by atoms with E-state index in [1.54, 1.807) is 0 Å². The van der Waals surface area contributed by atoms with Crippen LogP contribution in [0.2, 0.25) is 0 Å². The third-order valence-electron chi connectivity index (χ3n) is 2.04. The summed E-state index contributed by atoms with van der Waals surface area (Å²) in [7, 11) is 0. The molecule has 0 atom stereocenters. The van der Waals surface area contributed by atoms with Crippen molar-refractivity contribution in [2.75, 3.05) is 6.54 Å². The molecule has 1 aromatic carbocycles. The van der Waals surface area contributed by atoms with Gasteiger partial charge in [-0.2, -0.15) is 5.26 Å². The van der Waals surface area contributed by atoms with Gasteiger partial charge in [0.1, 0.15) is 0 Å². The molecule has 0 unspecified atom stereocenters. The molecule has 0 saturated carbocycles. The maximum Gasteiger partial charge on any atom is 0.0991 e. The van der Waals surface area contributed by atoms with Gasteiger partial charge < -0.3 is 5.32 Å². The maximum atomic E-state index is 8.66. The number of hydrogen-bond acceptors (Lipinski definition) is 2. The first-order chi connectivity index (χ1) is 6.27. The van der Waals surface area contributed by atoms with Crippen molar-refractivity contribution in [3.8, 4) is 6.07 Å². The fraction of sp³-hybridized carbons (Fsp3) is 0.364. The van der Waals surface area contributed by atoms with Crippen LogP contribution in [0.5, 0.6) is 0 Å². The van der Waals surface area contributed by atoms with Crippen LogP contribution in [0.15, 0.2) is 18.2 Å². The maximum absolute atomic E-state index is 8.66. The minimum atomic E-state index is 0.734. The van der Waals surface area contributed by atoms with E-state index in [0.717, 1.165) is 18.7 Å². The number of hydrogen-bond donors (Lipinski definition) is 1. The molecule has 1 aromatic rings. The molecule has 0 bridgehead atoms. The Morgan fingerprint density at radius 1 is 1.46 bits per heavy atom. The molecule has 2 heteroatoms. The quantitative estimate of drug-likeness (QED) is 0.760. The molecular formula is C11H14N2. The standard InChI is InChI=1S/C11H14N2/c1-3-13-8-11-5-4-10(7-12)6-9(11)2/h4-6,13H,3,8H2,1-2H3. The number of nitrogens with zero attached hydrogens (tertiary/aromatic N) is 1. The molecule has 0 amide bonds. The second kappa shape index (κ2) is 4.64. The average Bonchev–Trinajstić information content (AvgIpc) is 2.16. The Hall–Kier alpha value is -1.33. The number of aryl methyl sites for hydroxylation is 1. The van der Waals surface area contributed by atoms with E-state index in [-0.39, 0.29) is 0 Å². The molecule has 0 aromatic heterocycles. The first-order valence-electron chi connectivity index (χ1n) is 4.48. The van der Waals surface area contributed by atoms with Gasteiger partial charge in [-0.1, -0.05) is 13.0 Å². The largest absolute Gasteiger partial charge is 0.313 e. The summed E-state index contributed by atoms with van der Waals surface area (Å²) < 4.78 is 0. The fourth-order valence-corrected chi connectivity index (χ4v) is 1.22. The Labute approximate surface area is 79.2 Å². The topological polar surface area (TPSA) is 35.8 Å². The lowest BCUT2D eigenvalue weighted by Crippen LogP contribution is -2.12. The molecule has 13 heavy (non-hydrogen) atoms. The van der Waals surface area contributed by atoms with Gasteiger partial charge in [0.15, 0.2) is 0 Å². The van der Waals surface area contributed by atoms with E-state index in [9.17, 15) is 0 Å². The Kier molecular flexibility index (Phi) is 3.48. The monoisotopic (exact) mass is 174 g/mol. The highest BCUT2D eigenvalue weighted by Gasteiger charge is 1.98. The predicted octanol–water partition coefficient (Wildman–Crippen LogP) is 1.98. The van der Waals surface area contributed by atoms with E-state index in [1.165, 1.54) is 11.1 Å². The summed E-state index contributed by atoms with van der Waals surface area (Å²) >= 11 is 0. The highest BCUT2D eigenvalue weighted by atomic mass is 14.8. The van der Waals surface area contributed by atoms with Crippen LogP contribution < -0.4 is 5.32 Å². The van der Waals surface area contributed by atoms with E-state index in [4.69, 9.17) is 5.26 Å². The summed E-state index contributed by atoms with van der Waals surface area (Å²) in [6, 6.07) is 7.93. The average molecular weight is 174 g/mol. The summed E-state index contributed by atoms with van der Waals surface area (Å²) in [5.41, 5.74) is 3.18. The lowest BCUT2D eigenvalue weighted by Gasteiger charge is -2.05. The van der Waals surface area contributed by atoms with Crippen molar-refractivity contribution in [3.05, 3.63) is 34.9 Å². The van der Waals surface area contributed by atoms with Gasteiger partial charge in [0, 0.05) is 6.54 Å². The molecule has 0 radical (unpaired) electrons. The highest BCUT2D eigenvalue weighted by Crippen LogP contribution is 2.09. The van der Waals surface area contributed by atoms with Crippen molar-refractivity contribution < 1.29 is 0 Å². The Balaban J connectivity index is 2.81. The van der Waals surface area contributed by atoms with Gasteiger partial charge in [-0.15, -0.1) is 0 Å². The number of benzene rings is 1. The third-order valence-corrected chi connectivity index (χ3v) is 2.04. The summed E-state index contributed by atoms with van der Waals surface area (Å²) in [5, 5.41) is 11.9. The molecule has 0 spiro atoms. The zero-order chi connectivity index (χ0) is 9.68. The van der Waals surface area contributed by atoms with E-state index < -0.39 is 0 Å². The summed E-state index contributed by atoms with van der Waals surface area (Å²) in [4.78, 5) is 0. The Morgan fingerprint density at radius 3 is 2.77 bits per heavy atom. The van der Waals surface area contributed by atoms with E-state index >= 15 is 0 Å². The van der Waals surface area contributed by atoms with Crippen LogP contribution in [0.4, 0.5) is 0 Å². The summed E-state index contributed by atoms with van der Waals surface area (Å²) in [6.45, 7) is 5.97. The second-order valence-electron chi connectivity index (χ2n) is 3.03. The van der Waals surface area contributed by atoms with Gasteiger partial charge in [-0.3, -0.25) is 0 Å². The third kappa shape index (κ3) is 2.57. The second-order valence-corrected chi connectivity index (χ2v) is 3.03. The van der Waals surface area contributed by atoms with Crippen molar-refractivity contribution in [2.45, 2.75) is 20.4 Å². The van der Waals surface area contributed by atoms with Gasteiger partial charge in [0.25, 0.3) is 0 Å². The summed E-state index contributed by atoms with van der Waals surface area (Å²) in [5.74, 6) is 0. The van der Waals surface area contributed by atoms with Gasteiger partial charge in [-0.05, 0) is 36.7 Å². The van der Waals surface area contributed by atoms with Crippen LogP contribution in [0.25, 0.3) is 0 Å². The van der Waals surface area contributed by atoms with Crippen LogP contribution in [0.1, 0.15) is 23.6 Å². The highest BCUT2D eigenvalue weighted by molar-refractivity contribution is 5.37. The SMILES string of the molecule is CCNCc1ccc(C#N)cc1C. The fourth-order valence-electron chi connectivity index (χ4n) is 1.22. The Morgan fingerprint density at radius 2 is 2.23 bits per heavy atom. The smallest absolute Gasteiger partial charge is 0.0991 e. The van der Waals surface area contributed by atoms with E-state index in [1.807, 2.05) is 25.1 Å². The molecule has 0 aliphatic carbocycles. The molecule has 68 valence electrons. The molecule has 1 N–H and O–H groups in total. The van der Waals surface area contributed by atoms with E-state index in [0.29, 0.717) is 0 Å². The van der Waals surface area contributed by atoms with E-state index in [2.05, 4.69) is 18.3 Å². The normalized spacial score (nSPS) is 9.62. The van der Waals surface area contributed by atoms with Crippen molar-refractivity contribution in [1.29, 1.82) is 5.26 Å². The van der Waals surface area contributed by atoms with Crippen molar-refractivity contribution in [3.63, 3.8) is 0 Å². The van der Waals surface area contributed by atoms with Gasteiger partial charge in [-0.25, -0.2) is 0 Å². The molecule has 2 nitrogen and oxygen atoms in total. The van der Waals surface area contributed by atoms with Crippen LogP contribution in [-0.4, -0.2) is 6.54 Å². The summed E-state index contributed by atoms with van der Waals surface area (Å²) in [6.07, 6.45) is 0. The molecular weight excluding hydrogens is 160 g/mol. The van der Waals surface area contributed by atoms with Crippen LogP contribution in [-0.2, 0) is 6.54 Å². The van der Waals surface area contributed by atoms with Gasteiger partial charge in [0.2, 0.25) is 0 Å². The molecule has 0 heterocycles. The molecule has 0 aliphatic rings. The van der Waals surface area contributed by atoms with Crippen LogP contribution >= 0.6 is 0 Å². The predicted molar refractivity (Wildman–Crippen MR) is 53.3 cm³/mol. The van der Waals surface area contributed by atoms with Crippen LogP contribution in [0, 0.1) is 18.3 Å². The van der Waals surface area contributed by atoms with Crippen molar-refractivity contribution in [2.24, 2.45) is 0 Å². The lowest BCUT2D eigenvalue weighted by atomic mass is 10.1. The molecule has 1 rings (SSSR count). The van der Waals surface area contributed by atoms with Crippen LogP contribution in [0.3, 0.4) is 0 Å². The number of nitriles is 1. The number of rotatable bonds is 3. The Bertz CT molecular complexity index is 323. The van der Waals surface area contributed by atoms with Crippen molar-refractivity contribution in [1.82, 2.24) is 5.32 Å². The van der Waals surface area contributed by atoms with Gasteiger partial charge >= 0.3 is 0 Å². The van der Waals surface area contributed by atoms with Crippen molar-refractivity contribution >= 4 is 0 Å². The zero-order valence-corrected chi connectivity index (χ0v) is 8.09. The first-order valence-corrected chi connectivity index (χ1v) is 4.48. The first kappa shape index (κ1) is 9.76. The molecule has 0 fully saturated rings. The minimum absolute atomic E-state index is 0.734. The van der Waals surface area contributed by atoms with Gasteiger partial charge in [0.05, 0.1) is 11.6 Å².